The highest BCUT2D eigenvalue weighted by Gasteiger charge is 2.32. The maximum atomic E-state index is 12.5. The Kier molecular flexibility index (Phi) is 9.86. The van der Waals surface area contributed by atoms with Gasteiger partial charge in [0.05, 0.1) is 12.1 Å². The SMILES string of the molecule is Cl.Cl.NC1CCC(C(=O)NCCOc2ncc(C(F)(F)F)cc2Cl)C1. The van der Waals surface area contributed by atoms with Gasteiger partial charge in [-0.3, -0.25) is 4.79 Å². The zero-order valence-corrected chi connectivity index (χ0v) is 15.4. The van der Waals surface area contributed by atoms with E-state index in [2.05, 4.69) is 10.3 Å². The molecule has 1 aliphatic rings. The fourth-order valence-electron chi connectivity index (χ4n) is 2.41. The minimum atomic E-state index is -4.51. The third-order valence-corrected chi connectivity index (χ3v) is 3.89. The second-order valence-electron chi connectivity index (χ2n) is 5.42. The van der Waals surface area contributed by atoms with Crippen molar-refractivity contribution in [1.82, 2.24) is 10.3 Å². The first-order valence-electron chi connectivity index (χ1n) is 7.16. The van der Waals surface area contributed by atoms with Gasteiger partial charge in [0.25, 0.3) is 0 Å². The molecular weight excluding hydrogens is 406 g/mol. The first kappa shape index (κ1) is 24.0. The number of amides is 1. The number of ether oxygens (including phenoxy) is 1. The van der Waals surface area contributed by atoms with Gasteiger partial charge >= 0.3 is 6.18 Å². The zero-order valence-electron chi connectivity index (χ0n) is 13.0. The van der Waals surface area contributed by atoms with Gasteiger partial charge in [0.1, 0.15) is 11.6 Å². The van der Waals surface area contributed by atoms with Crippen LogP contribution in [0.4, 0.5) is 13.2 Å². The maximum Gasteiger partial charge on any atom is 0.417 e. The predicted octanol–water partition coefficient (Wildman–Crippen LogP) is 3.22. The number of nitrogens with two attached hydrogens (primary N) is 1. The van der Waals surface area contributed by atoms with Gasteiger partial charge in [-0.2, -0.15) is 13.2 Å². The lowest BCUT2D eigenvalue weighted by atomic mass is 10.1. The molecule has 11 heteroatoms. The number of nitrogens with one attached hydrogen (secondary N) is 1. The summed E-state index contributed by atoms with van der Waals surface area (Å²) in [5.74, 6) is -0.275. The van der Waals surface area contributed by atoms with Gasteiger partial charge in [-0.25, -0.2) is 4.98 Å². The molecule has 0 bridgehead atoms. The van der Waals surface area contributed by atoms with Crippen molar-refractivity contribution in [3.05, 3.63) is 22.8 Å². The average molecular weight is 425 g/mol. The summed E-state index contributed by atoms with van der Waals surface area (Å²) >= 11 is 5.71. The third-order valence-electron chi connectivity index (χ3n) is 3.62. The lowest BCUT2D eigenvalue weighted by molar-refractivity contribution is -0.137. The summed E-state index contributed by atoms with van der Waals surface area (Å²) in [5.41, 5.74) is 4.80. The van der Waals surface area contributed by atoms with Crippen molar-refractivity contribution >= 4 is 42.3 Å². The number of alkyl halides is 3. The minimum Gasteiger partial charge on any atom is -0.475 e. The highest BCUT2D eigenvalue weighted by atomic mass is 35.5. The largest absolute Gasteiger partial charge is 0.475 e. The van der Waals surface area contributed by atoms with Gasteiger partial charge in [0.2, 0.25) is 11.8 Å². The number of halogens is 6. The summed E-state index contributed by atoms with van der Waals surface area (Å²) < 4.78 is 42.6. The second kappa shape index (κ2) is 10.3. The number of hydrogen-bond acceptors (Lipinski definition) is 4. The summed E-state index contributed by atoms with van der Waals surface area (Å²) in [6, 6.07) is 0.819. The van der Waals surface area contributed by atoms with Crippen LogP contribution in [0.3, 0.4) is 0 Å². The minimum absolute atomic E-state index is 0. The first-order valence-corrected chi connectivity index (χ1v) is 7.54. The Bertz CT molecular complexity index is 576. The molecule has 1 saturated carbocycles. The smallest absolute Gasteiger partial charge is 0.417 e. The van der Waals surface area contributed by atoms with Crippen molar-refractivity contribution in [2.45, 2.75) is 31.5 Å². The predicted molar refractivity (Wildman–Crippen MR) is 92.6 cm³/mol. The van der Waals surface area contributed by atoms with E-state index in [9.17, 15) is 18.0 Å². The van der Waals surface area contributed by atoms with Crippen molar-refractivity contribution in [2.24, 2.45) is 11.7 Å². The van der Waals surface area contributed by atoms with Crippen LogP contribution >= 0.6 is 36.4 Å². The molecule has 1 fully saturated rings. The van der Waals surface area contributed by atoms with E-state index in [1.807, 2.05) is 0 Å². The molecule has 2 rings (SSSR count). The average Bonchev–Trinajstić information content (AvgIpc) is 2.90. The van der Waals surface area contributed by atoms with Crippen LogP contribution in [0.15, 0.2) is 12.3 Å². The summed E-state index contributed by atoms with van der Waals surface area (Å²) in [4.78, 5) is 15.4. The van der Waals surface area contributed by atoms with E-state index in [1.165, 1.54) is 0 Å². The van der Waals surface area contributed by atoms with Crippen LogP contribution < -0.4 is 15.8 Å². The molecule has 144 valence electrons. The zero-order chi connectivity index (χ0) is 17.0. The van der Waals surface area contributed by atoms with Crippen LogP contribution in [-0.4, -0.2) is 30.1 Å². The number of hydrogen-bond donors (Lipinski definition) is 2. The van der Waals surface area contributed by atoms with Crippen LogP contribution in [0.5, 0.6) is 5.88 Å². The Balaban J connectivity index is 0.00000288. The summed E-state index contributed by atoms with van der Waals surface area (Å²) in [7, 11) is 0. The van der Waals surface area contributed by atoms with E-state index in [1.54, 1.807) is 0 Å². The Hall–Kier alpha value is -0.960. The number of carbonyl (C=O) groups is 1. The molecule has 1 aromatic heterocycles. The first-order chi connectivity index (χ1) is 10.8. The van der Waals surface area contributed by atoms with Gasteiger partial charge in [-0.05, 0) is 25.3 Å². The fourth-order valence-corrected chi connectivity index (χ4v) is 2.63. The van der Waals surface area contributed by atoms with E-state index in [4.69, 9.17) is 22.1 Å². The highest BCUT2D eigenvalue weighted by Crippen LogP contribution is 2.33. The molecular formula is C14H19Cl3F3N3O2. The topological polar surface area (TPSA) is 77.2 Å². The van der Waals surface area contributed by atoms with Crippen molar-refractivity contribution in [3.8, 4) is 5.88 Å². The monoisotopic (exact) mass is 423 g/mol. The van der Waals surface area contributed by atoms with Crippen molar-refractivity contribution < 1.29 is 22.7 Å². The standard InChI is InChI=1S/C14H17ClF3N3O2.2ClH/c15-11-6-9(14(16,17)18)7-21-13(11)23-4-3-20-12(22)8-1-2-10(19)5-8;;/h6-8,10H,1-5,19H2,(H,20,22);2*1H. The van der Waals surface area contributed by atoms with Gasteiger partial charge in [0, 0.05) is 18.2 Å². The molecule has 3 N–H and O–H groups in total. The molecule has 1 amide bonds. The van der Waals surface area contributed by atoms with E-state index in [0.717, 1.165) is 18.9 Å². The molecule has 2 unspecified atom stereocenters. The normalized spacial score (nSPS) is 19.6. The van der Waals surface area contributed by atoms with E-state index in [0.29, 0.717) is 12.6 Å². The number of carbonyl (C=O) groups excluding carboxylic acids is 1. The van der Waals surface area contributed by atoms with Crippen LogP contribution in [0, 0.1) is 5.92 Å². The Labute approximate surface area is 160 Å². The van der Waals surface area contributed by atoms with Crippen LogP contribution in [-0.2, 0) is 11.0 Å². The Morgan fingerprint density at radius 1 is 1.40 bits per heavy atom. The molecule has 0 saturated heterocycles. The van der Waals surface area contributed by atoms with Crippen molar-refractivity contribution in [1.29, 1.82) is 0 Å². The quantitative estimate of drug-likeness (QED) is 0.712. The lowest BCUT2D eigenvalue weighted by Gasteiger charge is -2.12. The molecule has 1 heterocycles. The van der Waals surface area contributed by atoms with Crippen LogP contribution in [0.25, 0.3) is 0 Å². The van der Waals surface area contributed by atoms with Crippen LogP contribution in [0.1, 0.15) is 24.8 Å². The number of aromatic nitrogens is 1. The summed E-state index contributed by atoms with van der Waals surface area (Å²) in [6.07, 6.45) is -1.59. The highest BCUT2D eigenvalue weighted by molar-refractivity contribution is 6.31. The van der Waals surface area contributed by atoms with Gasteiger partial charge < -0.3 is 15.8 Å². The molecule has 1 aromatic rings. The Morgan fingerprint density at radius 2 is 2.08 bits per heavy atom. The molecule has 5 nitrogen and oxygen atoms in total. The fraction of sp³-hybridized carbons (Fsp3) is 0.571. The van der Waals surface area contributed by atoms with Crippen molar-refractivity contribution in [3.63, 3.8) is 0 Å². The number of rotatable bonds is 5. The van der Waals surface area contributed by atoms with Gasteiger partial charge in [-0.15, -0.1) is 24.8 Å². The van der Waals surface area contributed by atoms with Crippen molar-refractivity contribution in [2.75, 3.05) is 13.2 Å². The van der Waals surface area contributed by atoms with Gasteiger partial charge in [-0.1, -0.05) is 11.6 Å². The Morgan fingerprint density at radius 3 is 2.60 bits per heavy atom. The van der Waals surface area contributed by atoms with E-state index in [-0.39, 0.29) is 66.7 Å². The number of nitrogens with zero attached hydrogens (tertiary/aromatic N) is 1. The second-order valence-corrected chi connectivity index (χ2v) is 5.83. The van der Waals surface area contributed by atoms with E-state index >= 15 is 0 Å². The maximum absolute atomic E-state index is 12.5. The molecule has 1 aliphatic carbocycles. The van der Waals surface area contributed by atoms with E-state index < -0.39 is 11.7 Å². The molecule has 0 spiro atoms. The third kappa shape index (κ3) is 7.05. The molecule has 2 atom stereocenters. The lowest BCUT2D eigenvalue weighted by Crippen LogP contribution is -2.33. The molecule has 0 aliphatic heterocycles. The van der Waals surface area contributed by atoms with Crippen LogP contribution in [0.2, 0.25) is 5.02 Å². The summed E-state index contributed by atoms with van der Waals surface area (Å²) in [5, 5.41) is 2.47. The molecule has 0 radical (unpaired) electrons. The number of pyridine rings is 1. The van der Waals surface area contributed by atoms with Gasteiger partial charge in [0.15, 0.2) is 0 Å². The molecule has 25 heavy (non-hydrogen) atoms. The molecule has 0 aromatic carbocycles. The summed E-state index contributed by atoms with van der Waals surface area (Å²) in [6.45, 7) is 0.270.